The molecule has 0 saturated heterocycles. The molecular weight excluding hydrogens is 358 g/mol. The number of rotatable bonds is 5. The Kier molecular flexibility index (Phi) is 5.75. The molecule has 0 radical (unpaired) electrons. The second kappa shape index (κ2) is 8.01. The van der Waals surface area contributed by atoms with Gasteiger partial charge in [0.05, 0.1) is 9.21 Å². The highest BCUT2D eigenvalue weighted by molar-refractivity contribution is 7.18. The molecule has 0 spiro atoms. The van der Waals surface area contributed by atoms with E-state index in [1.54, 1.807) is 18.3 Å². The van der Waals surface area contributed by atoms with E-state index in [0.29, 0.717) is 21.2 Å². The molecule has 1 amide bonds. The lowest BCUT2D eigenvalue weighted by molar-refractivity contribution is 0.0930. The summed E-state index contributed by atoms with van der Waals surface area (Å²) < 4.78 is 0.637. The van der Waals surface area contributed by atoms with Crippen molar-refractivity contribution in [3.63, 3.8) is 0 Å². The van der Waals surface area contributed by atoms with E-state index in [4.69, 9.17) is 11.6 Å². The average Bonchev–Trinajstić information content (AvgIpc) is 3.03. The van der Waals surface area contributed by atoms with Gasteiger partial charge < -0.3 is 15.5 Å². The van der Waals surface area contributed by atoms with Gasteiger partial charge in [0.2, 0.25) is 5.95 Å². The van der Waals surface area contributed by atoms with E-state index in [9.17, 15) is 4.79 Å². The largest absolute Gasteiger partial charge is 0.363 e. The van der Waals surface area contributed by atoms with E-state index >= 15 is 0 Å². The van der Waals surface area contributed by atoms with E-state index in [1.807, 2.05) is 25.1 Å². The number of nitrogens with one attached hydrogen (secondary N) is 2. The van der Waals surface area contributed by atoms with Crippen LogP contribution in [0.25, 0.3) is 0 Å². The molecule has 134 valence electrons. The highest BCUT2D eigenvalue weighted by atomic mass is 35.5. The van der Waals surface area contributed by atoms with Crippen LogP contribution in [0.2, 0.25) is 4.34 Å². The van der Waals surface area contributed by atoms with Crippen molar-refractivity contribution < 1.29 is 4.79 Å². The number of aromatic nitrogens is 2. The topological polar surface area (TPSA) is 70.2 Å². The van der Waals surface area contributed by atoms with Crippen LogP contribution in [-0.2, 0) is 0 Å². The van der Waals surface area contributed by atoms with Crippen LogP contribution in [0.4, 0.5) is 11.8 Å². The van der Waals surface area contributed by atoms with Gasteiger partial charge in [0, 0.05) is 32.4 Å². The summed E-state index contributed by atoms with van der Waals surface area (Å²) in [5.41, 5.74) is 0. The Morgan fingerprint density at radius 1 is 1.20 bits per heavy atom. The first-order valence-corrected chi connectivity index (χ1v) is 9.54. The summed E-state index contributed by atoms with van der Waals surface area (Å²) in [4.78, 5) is 23.6. The van der Waals surface area contributed by atoms with Crippen LogP contribution >= 0.6 is 22.9 Å². The standard InChI is InChI=1S/C17H22ClN5OS/c1-23(2)15-9-10-19-17(22-15)21-12-5-3-11(4-6-12)20-16(24)13-7-8-14(18)25-13/h7-12H,3-6H2,1-2H3,(H,20,24)(H,19,21,22)/t11-,12+. The molecule has 1 fully saturated rings. The SMILES string of the molecule is CN(C)c1ccnc(N[C@H]2CC[C@@H](NC(=O)c3ccc(Cl)s3)CC2)n1. The Labute approximate surface area is 156 Å². The van der Waals surface area contributed by atoms with E-state index in [0.717, 1.165) is 31.5 Å². The summed E-state index contributed by atoms with van der Waals surface area (Å²) in [5, 5.41) is 6.51. The molecule has 1 aliphatic rings. The Morgan fingerprint density at radius 3 is 2.56 bits per heavy atom. The molecule has 2 aromatic rings. The summed E-state index contributed by atoms with van der Waals surface area (Å²) in [6.45, 7) is 0. The minimum atomic E-state index is -0.0321. The lowest BCUT2D eigenvalue weighted by atomic mass is 9.91. The molecule has 0 unspecified atom stereocenters. The van der Waals surface area contributed by atoms with Gasteiger partial charge >= 0.3 is 0 Å². The molecule has 0 bridgehead atoms. The first kappa shape index (κ1) is 17.9. The number of carbonyl (C=O) groups is 1. The van der Waals surface area contributed by atoms with Crippen molar-refractivity contribution >= 4 is 40.6 Å². The molecule has 0 aliphatic heterocycles. The van der Waals surface area contributed by atoms with Gasteiger partial charge in [-0.3, -0.25) is 4.79 Å². The third-order valence-electron chi connectivity index (χ3n) is 4.29. The van der Waals surface area contributed by atoms with Gasteiger partial charge in [-0.25, -0.2) is 4.98 Å². The zero-order chi connectivity index (χ0) is 17.8. The van der Waals surface area contributed by atoms with Crippen molar-refractivity contribution in [3.05, 3.63) is 33.6 Å². The molecule has 2 heterocycles. The Balaban J connectivity index is 1.48. The van der Waals surface area contributed by atoms with Gasteiger partial charge in [0.25, 0.3) is 5.91 Å². The zero-order valence-electron chi connectivity index (χ0n) is 14.3. The van der Waals surface area contributed by atoms with Crippen LogP contribution in [0, 0.1) is 0 Å². The third kappa shape index (κ3) is 4.83. The van der Waals surface area contributed by atoms with Crippen LogP contribution in [-0.4, -0.2) is 42.1 Å². The molecule has 2 aromatic heterocycles. The lowest BCUT2D eigenvalue weighted by Gasteiger charge is -2.29. The van der Waals surface area contributed by atoms with Crippen LogP contribution in [0.5, 0.6) is 0 Å². The summed E-state index contributed by atoms with van der Waals surface area (Å²) in [5.74, 6) is 1.51. The second-order valence-corrected chi connectivity index (χ2v) is 8.12. The molecular formula is C17H22ClN5OS. The van der Waals surface area contributed by atoms with Gasteiger partial charge in [-0.2, -0.15) is 4.98 Å². The van der Waals surface area contributed by atoms with Crippen LogP contribution in [0.3, 0.4) is 0 Å². The maximum atomic E-state index is 12.2. The number of hydrogen-bond donors (Lipinski definition) is 2. The minimum absolute atomic E-state index is 0.0321. The van der Waals surface area contributed by atoms with Gasteiger partial charge in [-0.05, 0) is 43.9 Å². The highest BCUT2D eigenvalue weighted by Crippen LogP contribution is 2.24. The van der Waals surface area contributed by atoms with Crippen molar-refractivity contribution in [2.24, 2.45) is 0 Å². The number of amides is 1. The van der Waals surface area contributed by atoms with Crippen molar-refractivity contribution in [2.45, 2.75) is 37.8 Å². The summed E-state index contributed by atoms with van der Waals surface area (Å²) >= 11 is 7.20. The van der Waals surface area contributed by atoms with Crippen molar-refractivity contribution in [1.29, 1.82) is 0 Å². The molecule has 1 saturated carbocycles. The minimum Gasteiger partial charge on any atom is -0.363 e. The smallest absolute Gasteiger partial charge is 0.261 e. The Hall–Kier alpha value is -1.86. The Morgan fingerprint density at radius 2 is 1.92 bits per heavy atom. The van der Waals surface area contributed by atoms with Crippen LogP contribution in [0.15, 0.2) is 24.4 Å². The molecule has 8 heteroatoms. The molecule has 0 atom stereocenters. The van der Waals surface area contributed by atoms with Gasteiger partial charge in [-0.15, -0.1) is 11.3 Å². The number of carbonyl (C=O) groups excluding carboxylic acids is 1. The van der Waals surface area contributed by atoms with Gasteiger partial charge in [0.1, 0.15) is 5.82 Å². The van der Waals surface area contributed by atoms with Crippen molar-refractivity contribution in [2.75, 3.05) is 24.3 Å². The molecule has 2 N–H and O–H groups in total. The van der Waals surface area contributed by atoms with Crippen LogP contribution < -0.4 is 15.5 Å². The molecule has 6 nitrogen and oxygen atoms in total. The van der Waals surface area contributed by atoms with E-state index in [2.05, 4.69) is 20.6 Å². The average molecular weight is 380 g/mol. The number of halogens is 1. The monoisotopic (exact) mass is 379 g/mol. The predicted molar refractivity (Wildman–Crippen MR) is 103 cm³/mol. The fourth-order valence-corrected chi connectivity index (χ4v) is 3.87. The first-order valence-electron chi connectivity index (χ1n) is 8.34. The van der Waals surface area contributed by atoms with Gasteiger partial charge in [0.15, 0.2) is 0 Å². The van der Waals surface area contributed by atoms with E-state index in [1.165, 1.54) is 11.3 Å². The van der Waals surface area contributed by atoms with Crippen LogP contribution in [0.1, 0.15) is 35.4 Å². The third-order valence-corrected chi connectivity index (χ3v) is 5.52. The predicted octanol–water partition coefficient (Wildman–Crippen LogP) is 3.41. The lowest BCUT2D eigenvalue weighted by Crippen LogP contribution is -2.40. The summed E-state index contributed by atoms with van der Waals surface area (Å²) in [7, 11) is 3.92. The summed E-state index contributed by atoms with van der Waals surface area (Å²) in [6, 6.07) is 5.95. The Bertz CT molecular complexity index is 727. The fraction of sp³-hybridized carbons (Fsp3) is 0.471. The molecule has 25 heavy (non-hydrogen) atoms. The maximum absolute atomic E-state index is 12.2. The normalized spacial score (nSPS) is 20.1. The van der Waals surface area contributed by atoms with E-state index < -0.39 is 0 Å². The fourth-order valence-electron chi connectivity index (χ4n) is 2.93. The van der Waals surface area contributed by atoms with Crippen molar-refractivity contribution in [1.82, 2.24) is 15.3 Å². The van der Waals surface area contributed by atoms with Gasteiger partial charge in [-0.1, -0.05) is 11.6 Å². The highest BCUT2D eigenvalue weighted by Gasteiger charge is 2.23. The number of thiophene rings is 1. The molecule has 1 aliphatic carbocycles. The summed E-state index contributed by atoms with van der Waals surface area (Å²) in [6.07, 6.45) is 5.60. The second-order valence-electron chi connectivity index (χ2n) is 6.40. The van der Waals surface area contributed by atoms with E-state index in [-0.39, 0.29) is 11.9 Å². The molecule has 0 aromatic carbocycles. The van der Waals surface area contributed by atoms with Crippen molar-refractivity contribution in [3.8, 4) is 0 Å². The maximum Gasteiger partial charge on any atom is 0.261 e. The molecule has 3 rings (SSSR count). The first-order chi connectivity index (χ1) is 12.0. The quantitative estimate of drug-likeness (QED) is 0.833. The number of hydrogen-bond acceptors (Lipinski definition) is 6. The number of nitrogens with zero attached hydrogens (tertiary/aromatic N) is 3. The zero-order valence-corrected chi connectivity index (χ0v) is 15.9. The number of anilines is 2.